The summed E-state index contributed by atoms with van der Waals surface area (Å²) < 4.78 is 69.6. The summed E-state index contributed by atoms with van der Waals surface area (Å²) >= 11 is 5.28. The van der Waals surface area contributed by atoms with E-state index in [0.29, 0.717) is 6.08 Å². The maximum atomic E-state index is 13.4. The quantitative estimate of drug-likeness (QED) is 0.344. The summed E-state index contributed by atoms with van der Waals surface area (Å²) in [7, 11) is 0. The van der Waals surface area contributed by atoms with E-state index in [9.17, 15) is 26.7 Å². The van der Waals surface area contributed by atoms with Crippen molar-refractivity contribution in [1.82, 2.24) is 0 Å². The SMILES string of the molecule is CC1(C)[C@@H](C=C(Cl)C(F)(F)C(F)(F)F)[C@@H]1C(=O)OCc1cccc(-c2ccccc2)c1. The summed E-state index contributed by atoms with van der Waals surface area (Å²) in [4.78, 5) is 12.5. The van der Waals surface area contributed by atoms with Gasteiger partial charge in [0.1, 0.15) is 6.61 Å². The van der Waals surface area contributed by atoms with Crippen molar-refractivity contribution in [1.29, 1.82) is 0 Å². The van der Waals surface area contributed by atoms with Crippen LogP contribution >= 0.6 is 11.6 Å². The largest absolute Gasteiger partial charge is 0.461 e. The van der Waals surface area contributed by atoms with Crippen LogP contribution in [0.15, 0.2) is 65.7 Å². The Morgan fingerprint density at radius 2 is 1.65 bits per heavy atom. The highest BCUT2D eigenvalue weighted by atomic mass is 35.5. The van der Waals surface area contributed by atoms with Crippen LogP contribution in [0.2, 0.25) is 0 Å². The number of carbonyl (C=O) groups is 1. The zero-order valence-corrected chi connectivity index (χ0v) is 17.5. The highest BCUT2D eigenvalue weighted by Crippen LogP contribution is 2.61. The van der Waals surface area contributed by atoms with E-state index in [1.807, 2.05) is 48.5 Å². The van der Waals surface area contributed by atoms with Gasteiger partial charge >= 0.3 is 18.1 Å². The fraction of sp³-hybridized carbons (Fsp3) is 0.348. The standard InChI is InChI=1S/C23H20ClF5O2/c1-21(2)17(12-18(24)22(25,26)23(27,28)29)19(21)20(30)31-13-14-7-6-10-16(11-14)15-8-4-3-5-9-15/h3-12,17,19H,13H2,1-2H3/t17-,19+/m0/s1. The molecule has 1 aliphatic rings. The van der Waals surface area contributed by atoms with E-state index in [-0.39, 0.29) is 6.61 Å². The molecular formula is C23H20ClF5O2. The molecule has 0 unspecified atom stereocenters. The van der Waals surface area contributed by atoms with Gasteiger partial charge in [-0.25, -0.2) is 0 Å². The third-order valence-electron chi connectivity index (χ3n) is 5.56. The molecule has 1 aliphatic carbocycles. The number of carbonyl (C=O) groups excluding carboxylic acids is 1. The van der Waals surface area contributed by atoms with Crippen LogP contribution in [0.3, 0.4) is 0 Å². The van der Waals surface area contributed by atoms with Gasteiger partial charge in [0.15, 0.2) is 0 Å². The Labute approximate surface area is 181 Å². The van der Waals surface area contributed by atoms with Crippen LogP contribution in [-0.4, -0.2) is 18.1 Å². The van der Waals surface area contributed by atoms with Gasteiger partial charge in [-0.1, -0.05) is 80.1 Å². The molecule has 1 saturated carbocycles. The zero-order chi connectivity index (χ0) is 23.0. The molecule has 8 heteroatoms. The number of ether oxygens (including phenoxy) is 1. The Balaban J connectivity index is 1.67. The van der Waals surface area contributed by atoms with Gasteiger partial charge in [-0.15, -0.1) is 0 Å². The molecule has 2 atom stereocenters. The highest BCUT2D eigenvalue weighted by Gasteiger charge is 2.64. The molecule has 166 valence electrons. The summed E-state index contributed by atoms with van der Waals surface area (Å²) in [6.45, 7) is 3.13. The van der Waals surface area contributed by atoms with Gasteiger partial charge in [0.05, 0.1) is 11.0 Å². The van der Waals surface area contributed by atoms with Crippen molar-refractivity contribution in [2.24, 2.45) is 17.3 Å². The maximum Gasteiger partial charge on any atom is 0.459 e. The zero-order valence-electron chi connectivity index (χ0n) is 16.7. The normalized spacial score (nSPS) is 21.0. The highest BCUT2D eigenvalue weighted by molar-refractivity contribution is 6.30. The van der Waals surface area contributed by atoms with Crippen molar-refractivity contribution in [3.63, 3.8) is 0 Å². The number of hydrogen-bond donors (Lipinski definition) is 0. The number of halogens is 6. The average molecular weight is 459 g/mol. The molecule has 2 aromatic carbocycles. The number of alkyl halides is 5. The van der Waals surface area contributed by atoms with Crippen LogP contribution in [-0.2, 0) is 16.1 Å². The molecule has 0 aliphatic heterocycles. The Morgan fingerprint density at radius 1 is 1.03 bits per heavy atom. The molecule has 3 rings (SSSR count). The molecular weight excluding hydrogens is 439 g/mol. The van der Waals surface area contributed by atoms with E-state index in [1.54, 1.807) is 19.9 Å². The van der Waals surface area contributed by atoms with Gasteiger partial charge < -0.3 is 4.74 Å². The van der Waals surface area contributed by atoms with E-state index in [1.165, 1.54) is 0 Å². The summed E-state index contributed by atoms with van der Waals surface area (Å²) in [5.74, 6) is -7.57. The molecule has 0 radical (unpaired) electrons. The maximum absolute atomic E-state index is 13.4. The molecule has 0 N–H and O–H groups in total. The first-order valence-corrected chi connectivity index (χ1v) is 9.87. The lowest BCUT2D eigenvalue weighted by atomic mass is 10.0. The fourth-order valence-electron chi connectivity index (χ4n) is 3.55. The van der Waals surface area contributed by atoms with E-state index >= 15 is 0 Å². The van der Waals surface area contributed by atoms with Crippen LogP contribution in [0.1, 0.15) is 19.4 Å². The number of benzene rings is 2. The third-order valence-corrected chi connectivity index (χ3v) is 5.93. The van der Waals surface area contributed by atoms with Crippen LogP contribution in [0.5, 0.6) is 0 Å². The van der Waals surface area contributed by atoms with Crippen LogP contribution < -0.4 is 0 Å². The molecule has 0 bridgehead atoms. The second-order valence-corrected chi connectivity index (χ2v) is 8.49. The molecule has 0 amide bonds. The van der Waals surface area contributed by atoms with Crippen molar-refractivity contribution in [3.8, 4) is 11.1 Å². The molecule has 2 nitrogen and oxygen atoms in total. The number of rotatable bonds is 6. The van der Waals surface area contributed by atoms with Gasteiger partial charge in [-0.2, -0.15) is 22.0 Å². The number of esters is 1. The lowest BCUT2D eigenvalue weighted by Gasteiger charge is -2.18. The minimum atomic E-state index is -5.81. The van der Waals surface area contributed by atoms with Gasteiger partial charge in [0.25, 0.3) is 0 Å². The Bertz CT molecular complexity index is 983. The van der Waals surface area contributed by atoms with Crippen LogP contribution in [0.4, 0.5) is 22.0 Å². The van der Waals surface area contributed by atoms with E-state index in [2.05, 4.69) is 0 Å². The Hall–Kier alpha value is -2.41. The summed E-state index contributed by atoms with van der Waals surface area (Å²) in [6.07, 6.45) is -5.18. The predicted octanol–water partition coefficient (Wildman–Crippen LogP) is 6.99. The topological polar surface area (TPSA) is 26.3 Å². The summed E-state index contributed by atoms with van der Waals surface area (Å²) in [6, 6.07) is 16.9. The van der Waals surface area contributed by atoms with Crippen molar-refractivity contribution in [2.75, 3.05) is 0 Å². The molecule has 0 saturated heterocycles. The van der Waals surface area contributed by atoms with E-state index in [4.69, 9.17) is 16.3 Å². The monoisotopic (exact) mass is 458 g/mol. The van der Waals surface area contributed by atoms with Crippen molar-refractivity contribution in [3.05, 3.63) is 71.3 Å². The van der Waals surface area contributed by atoms with Gasteiger partial charge in [-0.05, 0) is 34.1 Å². The Morgan fingerprint density at radius 3 is 2.26 bits per heavy atom. The van der Waals surface area contributed by atoms with Crippen molar-refractivity contribution < 1.29 is 31.5 Å². The smallest absolute Gasteiger partial charge is 0.459 e. The van der Waals surface area contributed by atoms with Crippen molar-refractivity contribution in [2.45, 2.75) is 32.6 Å². The van der Waals surface area contributed by atoms with Crippen LogP contribution in [0, 0.1) is 17.3 Å². The predicted molar refractivity (Wildman–Crippen MR) is 107 cm³/mol. The second kappa shape index (κ2) is 8.26. The van der Waals surface area contributed by atoms with Crippen LogP contribution in [0.25, 0.3) is 11.1 Å². The number of allylic oxidation sites excluding steroid dienone is 2. The Kier molecular flexibility index (Phi) is 6.20. The minimum absolute atomic E-state index is 0.0467. The van der Waals surface area contributed by atoms with E-state index < -0.39 is 40.4 Å². The van der Waals surface area contributed by atoms with Gasteiger partial charge in [0, 0.05) is 0 Å². The van der Waals surface area contributed by atoms with Crippen molar-refractivity contribution >= 4 is 17.6 Å². The molecule has 0 heterocycles. The number of hydrogen-bond acceptors (Lipinski definition) is 2. The first-order valence-electron chi connectivity index (χ1n) is 9.49. The first kappa shape index (κ1) is 23.3. The van der Waals surface area contributed by atoms with E-state index in [0.717, 1.165) is 16.7 Å². The molecule has 0 aromatic heterocycles. The lowest BCUT2D eigenvalue weighted by molar-refractivity contribution is -0.261. The molecule has 31 heavy (non-hydrogen) atoms. The van der Waals surface area contributed by atoms with Gasteiger partial charge in [0.2, 0.25) is 0 Å². The first-order chi connectivity index (χ1) is 14.4. The minimum Gasteiger partial charge on any atom is -0.461 e. The second-order valence-electron chi connectivity index (χ2n) is 8.09. The summed E-state index contributed by atoms with van der Waals surface area (Å²) in [5, 5.41) is -1.64. The average Bonchev–Trinajstić information content (AvgIpc) is 3.26. The third kappa shape index (κ3) is 4.76. The molecule has 0 spiro atoms. The van der Waals surface area contributed by atoms with Gasteiger partial charge in [-0.3, -0.25) is 4.79 Å². The molecule has 1 fully saturated rings. The fourth-order valence-corrected chi connectivity index (χ4v) is 3.80. The lowest BCUT2D eigenvalue weighted by Crippen LogP contribution is -2.36. The summed E-state index contributed by atoms with van der Waals surface area (Å²) in [5.41, 5.74) is 1.80. The molecule has 2 aromatic rings.